The zero-order valence-corrected chi connectivity index (χ0v) is 14.2. The highest BCUT2D eigenvalue weighted by Crippen LogP contribution is 2.31. The Morgan fingerprint density at radius 1 is 1.17 bits per heavy atom. The first-order chi connectivity index (χ1) is 11.8. The fraction of sp³-hybridized carbons (Fsp3) is 0.471. The van der Waals surface area contributed by atoms with Crippen molar-refractivity contribution in [2.24, 2.45) is 0 Å². The molecule has 0 aliphatic carbocycles. The second-order valence-corrected chi connectivity index (χ2v) is 6.86. The Morgan fingerprint density at radius 2 is 2.04 bits per heavy atom. The predicted molar refractivity (Wildman–Crippen MR) is 90.1 cm³/mol. The summed E-state index contributed by atoms with van der Waals surface area (Å²) in [5.41, 5.74) is 0.632. The average molecular weight is 345 g/mol. The van der Waals surface area contributed by atoms with Crippen LogP contribution in [0.3, 0.4) is 0 Å². The first-order valence-corrected chi connectivity index (χ1v) is 9.27. The van der Waals surface area contributed by atoms with Crippen molar-refractivity contribution in [1.29, 1.82) is 0 Å². The summed E-state index contributed by atoms with van der Waals surface area (Å²) < 4.78 is 13.0. The summed E-state index contributed by atoms with van der Waals surface area (Å²) in [6.07, 6.45) is 4.52. The van der Waals surface area contributed by atoms with Crippen LogP contribution in [0.4, 0.5) is 0 Å². The summed E-state index contributed by atoms with van der Waals surface area (Å²) in [5.74, 6) is 2.75. The molecule has 0 bridgehead atoms. The summed E-state index contributed by atoms with van der Waals surface area (Å²) in [4.78, 5) is 17.0. The van der Waals surface area contributed by atoms with Crippen molar-refractivity contribution in [3.05, 3.63) is 29.6 Å². The van der Waals surface area contributed by atoms with Crippen LogP contribution in [0.15, 0.2) is 23.4 Å². The number of hydrogen-bond acceptors (Lipinski definition) is 6. The zero-order chi connectivity index (χ0) is 16.4. The molecule has 0 radical (unpaired) electrons. The van der Waals surface area contributed by atoms with E-state index in [9.17, 15) is 4.79 Å². The second-order valence-electron chi connectivity index (χ2n) is 5.91. The first kappa shape index (κ1) is 15.5. The van der Waals surface area contributed by atoms with Crippen LogP contribution in [-0.2, 0) is 13.0 Å². The summed E-state index contributed by atoms with van der Waals surface area (Å²) in [7, 11) is 0. The monoisotopic (exact) mass is 345 g/mol. The van der Waals surface area contributed by atoms with Gasteiger partial charge in [-0.05, 0) is 31.0 Å². The summed E-state index contributed by atoms with van der Waals surface area (Å²) >= 11 is 1.40. The number of aromatic nitrogens is 3. The quantitative estimate of drug-likeness (QED) is 0.627. The lowest BCUT2D eigenvalue weighted by atomic mass is 10.1. The number of ketones is 1. The molecule has 7 heteroatoms. The van der Waals surface area contributed by atoms with Crippen molar-refractivity contribution in [3.63, 3.8) is 0 Å². The maximum absolute atomic E-state index is 12.4. The number of Topliss-reactive ketones (excluding diaryl/α,β-unsaturated/α-hetero) is 1. The minimum absolute atomic E-state index is 0.0435. The number of thioether (sulfide) groups is 1. The number of nitrogens with zero attached hydrogens (tertiary/aromatic N) is 3. The molecule has 0 fully saturated rings. The van der Waals surface area contributed by atoms with Gasteiger partial charge in [0.15, 0.2) is 17.3 Å². The van der Waals surface area contributed by atoms with Gasteiger partial charge in [-0.25, -0.2) is 9.67 Å². The first-order valence-electron chi connectivity index (χ1n) is 8.29. The van der Waals surface area contributed by atoms with Crippen molar-refractivity contribution >= 4 is 17.5 Å². The molecule has 2 aromatic rings. The van der Waals surface area contributed by atoms with Gasteiger partial charge in [0.05, 0.1) is 5.75 Å². The van der Waals surface area contributed by atoms with E-state index in [1.165, 1.54) is 24.6 Å². The van der Waals surface area contributed by atoms with Gasteiger partial charge >= 0.3 is 0 Å². The Hall–Kier alpha value is -2.02. The highest BCUT2D eigenvalue weighted by molar-refractivity contribution is 7.99. The molecule has 0 unspecified atom stereocenters. The maximum atomic E-state index is 12.4. The fourth-order valence-corrected chi connectivity index (χ4v) is 3.68. The Labute approximate surface area is 144 Å². The minimum atomic E-state index is 0.0435. The number of benzene rings is 1. The van der Waals surface area contributed by atoms with Crippen LogP contribution in [0.5, 0.6) is 11.5 Å². The van der Waals surface area contributed by atoms with Gasteiger partial charge in [0.2, 0.25) is 5.16 Å². The highest BCUT2D eigenvalue weighted by Gasteiger charge is 2.17. The van der Waals surface area contributed by atoms with Crippen LogP contribution in [-0.4, -0.2) is 39.5 Å². The minimum Gasteiger partial charge on any atom is -0.486 e. The Morgan fingerprint density at radius 3 is 2.96 bits per heavy atom. The summed E-state index contributed by atoms with van der Waals surface area (Å²) in [5, 5.41) is 5.21. The number of fused-ring (bicyclic) bond motifs is 2. The smallest absolute Gasteiger partial charge is 0.209 e. The number of aryl methyl sites for hydroxylation is 2. The van der Waals surface area contributed by atoms with Crippen molar-refractivity contribution in [1.82, 2.24) is 14.8 Å². The zero-order valence-electron chi connectivity index (χ0n) is 13.4. The van der Waals surface area contributed by atoms with Crippen LogP contribution in [0.25, 0.3) is 0 Å². The third-order valence-corrected chi connectivity index (χ3v) is 5.03. The lowest BCUT2D eigenvalue weighted by Gasteiger charge is -2.18. The summed E-state index contributed by atoms with van der Waals surface area (Å²) in [6.45, 7) is 2.00. The Bertz CT molecular complexity index is 736. The molecule has 0 saturated heterocycles. The van der Waals surface area contributed by atoms with Crippen LogP contribution >= 0.6 is 11.8 Å². The van der Waals surface area contributed by atoms with Crippen LogP contribution in [0, 0.1) is 0 Å². The van der Waals surface area contributed by atoms with Gasteiger partial charge in [-0.3, -0.25) is 4.79 Å². The van der Waals surface area contributed by atoms with E-state index in [-0.39, 0.29) is 5.78 Å². The Kier molecular flexibility index (Phi) is 4.42. The molecule has 126 valence electrons. The third kappa shape index (κ3) is 3.26. The predicted octanol–water partition coefficient (Wildman–Crippen LogP) is 2.75. The van der Waals surface area contributed by atoms with Gasteiger partial charge in [-0.15, -0.1) is 5.10 Å². The third-order valence-electron chi connectivity index (χ3n) is 4.20. The molecule has 3 heterocycles. The Balaban J connectivity index is 1.41. The van der Waals surface area contributed by atoms with Crippen molar-refractivity contribution in [3.8, 4) is 11.5 Å². The van der Waals surface area contributed by atoms with E-state index in [1.807, 2.05) is 4.68 Å². The number of carbonyl (C=O) groups excluding carboxylic acids is 1. The molecule has 4 rings (SSSR count). The number of ether oxygens (including phenoxy) is 2. The van der Waals surface area contributed by atoms with Gasteiger partial charge in [0.25, 0.3) is 0 Å². The van der Waals surface area contributed by atoms with Crippen LogP contribution < -0.4 is 9.47 Å². The van der Waals surface area contributed by atoms with E-state index in [4.69, 9.17) is 9.47 Å². The lowest BCUT2D eigenvalue weighted by molar-refractivity contribution is 0.102. The molecular weight excluding hydrogens is 326 g/mol. The highest BCUT2D eigenvalue weighted by atomic mass is 32.2. The fourth-order valence-electron chi connectivity index (χ4n) is 2.93. The van der Waals surface area contributed by atoms with E-state index < -0.39 is 0 Å². The molecule has 2 aliphatic rings. The van der Waals surface area contributed by atoms with E-state index in [0.717, 1.165) is 25.2 Å². The largest absolute Gasteiger partial charge is 0.486 e. The standard InChI is InChI=1S/C17H19N3O3S/c21-13(12-5-6-14-15(10-12)23-9-8-22-14)11-24-17-18-16-4-2-1-3-7-20(16)19-17/h5-6,10H,1-4,7-9,11H2. The molecule has 2 aliphatic heterocycles. The van der Waals surface area contributed by atoms with Gasteiger partial charge in [0, 0.05) is 18.5 Å². The van der Waals surface area contributed by atoms with E-state index >= 15 is 0 Å². The molecule has 0 atom stereocenters. The maximum Gasteiger partial charge on any atom is 0.209 e. The van der Waals surface area contributed by atoms with Gasteiger partial charge in [-0.2, -0.15) is 0 Å². The van der Waals surface area contributed by atoms with Gasteiger partial charge < -0.3 is 9.47 Å². The second kappa shape index (κ2) is 6.84. The molecule has 6 nitrogen and oxygen atoms in total. The summed E-state index contributed by atoms with van der Waals surface area (Å²) in [6, 6.07) is 5.34. The van der Waals surface area contributed by atoms with Crippen molar-refractivity contribution < 1.29 is 14.3 Å². The molecular formula is C17H19N3O3S. The molecule has 0 spiro atoms. The number of hydrogen-bond donors (Lipinski definition) is 0. The van der Waals surface area contributed by atoms with Crippen molar-refractivity contribution in [2.75, 3.05) is 19.0 Å². The normalized spacial score (nSPS) is 16.3. The lowest BCUT2D eigenvalue weighted by Crippen LogP contribution is -2.16. The van der Waals surface area contributed by atoms with Gasteiger partial charge in [0.1, 0.15) is 19.0 Å². The topological polar surface area (TPSA) is 66.2 Å². The molecule has 24 heavy (non-hydrogen) atoms. The molecule has 0 N–H and O–H groups in total. The van der Waals surface area contributed by atoms with Gasteiger partial charge in [-0.1, -0.05) is 18.2 Å². The molecule has 1 aromatic carbocycles. The number of rotatable bonds is 4. The van der Waals surface area contributed by atoms with Crippen LogP contribution in [0.1, 0.15) is 35.4 Å². The van der Waals surface area contributed by atoms with E-state index in [2.05, 4.69) is 10.1 Å². The van der Waals surface area contributed by atoms with E-state index in [1.54, 1.807) is 18.2 Å². The van der Waals surface area contributed by atoms with Crippen molar-refractivity contribution in [2.45, 2.75) is 37.4 Å². The van der Waals surface area contributed by atoms with Crippen LogP contribution in [0.2, 0.25) is 0 Å². The molecule has 0 amide bonds. The SMILES string of the molecule is O=C(CSc1nc2n(n1)CCCCC2)c1ccc2c(c1)OCCO2. The molecule has 1 aromatic heterocycles. The molecule has 0 saturated carbocycles. The number of carbonyl (C=O) groups is 1. The van der Waals surface area contributed by atoms with E-state index in [0.29, 0.717) is 41.2 Å². The average Bonchev–Trinajstić information content (AvgIpc) is 2.88.